The molecule has 1 aliphatic rings. The first-order valence-electron chi connectivity index (χ1n) is 6.85. The van der Waals surface area contributed by atoms with E-state index in [0.717, 1.165) is 53.0 Å². The van der Waals surface area contributed by atoms with Crippen LogP contribution < -0.4 is 10.6 Å². The minimum absolute atomic E-state index is 0.346. The second-order valence-electron chi connectivity index (χ2n) is 5.74. The van der Waals surface area contributed by atoms with Crippen LogP contribution >= 0.6 is 11.3 Å². The molecule has 6 heteroatoms. The molecule has 0 spiro atoms. The first-order valence-corrected chi connectivity index (χ1v) is 7.67. The molecule has 108 valence electrons. The molecule has 1 fully saturated rings. The van der Waals surface area contributed by atoms with Gasteiger partial charge in [-0.1, -0.05) is 0 Å². The molecule has 0 saturated carbocycles. The highest BCUT2D eigenvalue weighted by Crippen LogP contribution is 2.36. The van der Waals surface area contributed by atoms with Gasteiger partial charge in [0.05, 0.1) is 23.4 Å². The molecule has 1 saturated heterocycles. The predicted octanol–water partition coefficient (Wildman–Crippen LogP) is 2.03. The van der Waals surface area contributed by atoms with E-state index in [1.165, 1.54) is 0 Å². The summed E-state index contributed by atoms with van der Waals surface area (Å²) in [7, 11) is 0. The summed E-state index contributed by atoms with van der Waals surface area (Å²) in [6.45, 7) is 9.25. The van der Waals surface area contributed by atoms with Gasteiger partial charge in [-0.05, 0) is 26.8 Å². The SMILES string of the molecule is Cc1nc(N2CCOCC2)c2sc(C(C)(C)N)cc2n1. The summed E-state index contributed by atoms with van der Waals surface area (Å²) in [4.78, 5) is 12.6. The predicted molar refractivity (Wildman–Crippen MR) is 82.4 cm³/mol. The van der Waals surface area contributed by atoms with Crippen molar-refractivity contribution in [2.45, 2.75) is 26.3 Å². The number of hydrogen-bond donors (Lipinski definition) is 1. The number of hydrogen-bond acceptors (Lipinski definition) is 6. The van der Waals surface area contributed by atoms with Gasteiger partial charge in [0.2, 0.25) is 0 Å². The number of anilines is 1. The van der Waals surface area contributed by atoms with Gasteiger partial charge in [0.25, 0.3) is 0 Å². The quantitative estimate of drug-likeness (QED) is 0.917. The lowest BCUT2D eigenvalue weighted by atomic mass is 10.1. The third-order valence-corrected chi connectivity index (χ3v) is 4.87. The molecule has 0 atom stereocenters. The van der Waals surface area contributed by atoms with Crippen LogP contribution in [0.3, 0.4) is 0 Å². The molecule has 0 radical (unpaired) electrons. The minimum atomic E-state index is -0.346. The molecule has 2 N–H and O–H groups in total. The zero-order valence-corrected chi connectivity index (χ0v) is 13.0. The van der Waals surface area contributed by atoms with Crippen LogP contribution in [0.2, 0.25) is 0 Å². The minimum Gasteiger partial charge on any atom is -0.378 e. The molecule has 20 heavy (non-hydrogen) atoms. The largest absolute Gasteiger partial charge is 0.378 e. The fourth-order valence-electron chi connectivity index (χ4n) is 2.34. The van der Waals surface area contributed by atoms with E-state index < -0.39 is 0 Å². The maximum absolute atomic E-state index is 6.22. The summed E-state index contributed by atoms with van der Waals surface area (Å²) in [5.74, 6) is 1.83. The molecular formula is C14H20N4OS. The number of morpholine rings is 1. The Morgan fingerprint density at radius 3 is 2.65 bits per heavy atom. The van der Waals surface area contributed by atoms with E-state index >= 15 is 0 Å². The van der Waals surface area contributed by atoms with Crippen molar-refractivity contribution in [1.29, 1.82) is 0 Å². The van der Waals surface area contributed by atoms with Gasteiger partial charge in [0.15, 0.2) is 5.82 Å². The van der Waals surface area contributed by atoms with E-state index in [4.69, 9.17) is 10.5 Å². The summed E-state index contributed by atoms with van der Waals surface area (Å²) >= 11 is 1.70. The maximum Gasteiger partial charge on any atom is 0.150 e. The zero-order chi connectivity index (χ0) is 14.3. The van der Waals surface area contributed by atoms with Crippen molar-refractivity contribution in [2.24, 2.45) is 5.73 Å². The molecule has 2 aromatic heterocycles. The fourth-order valence-corrected chi connectivity index (χ4v) is 3.46. The highest BCUT2D eigenvalue weighted by molar-refractivity contribution is 7.19. The van der Waals surface area contributed by atoms with Crippen molar-refractivity contribution in [3.05, 3.63) is 16.8 Å². The number of aromatic nitrogens is 2. The summed E-state index contributed by atoms with van der Waals surface area (Å²) in [5, 5.41) is 0. The van der Waals surface area contributed by atoms with Crippen molar-refractivity contribution < 1.29 is 4.74 Å². The zero-order valence-electron chi connectivity index (χ0n) is 12.1. The van der Waals surface area contributed by atoms with Crippen molar-refractivity contribution in [2.75, 3.05) is 31.2 Å². The first-order chi connectivity index (χ1) is 9.45. The smallest absolute Gasteiger partial charge is 0.150 e. The number of rotatable bonds is 2. The van der Waals surface area contributed by atoms with E-state index in [-0.39, 0.29) is 5.54 Å². The van der Waals surface area contributed by atoms with Crippen LogP contribution in [-0.4, -0.2) is 36.3 Å². The molecule has 0 aliphatic carbocycles. The van der Waals surface area contributed by atoms with Gasteiger partial charge in [0.1, 0.15) is 5.82 Å². The van der Waals surface area contributed by atoms with Crippen molar-refractivity contribution in [3.8, 4) is 0 Å². The molecule has 5 nitrogen and oxygen atoms in total. The number of nitrogens with two attached hydrogens (primary N) is 1. The lowest BCUT2D eigenvalue weighted by Gasteiger charge is -2.28. The summed E-state index contributed by atoms with van der Waals surface area (Å²) in [5.41, 5.74) is 6.87. The van der Waals surface area contributed by atoms with E-state index in [1.54, 1.807) is 11.3 Å². The Morgan fingerprint density at radius 2 is 2.00 bits per heavy atom. The average molecular weight is 292 g/mol. The highest BCUT2D eigenvalue weighted by Gasteiger charge is 2.22. The Bertz CT molecular complexity index is 626. The number of thiophene rings is 1. The third kappa shape index (κ3) is 2.51. The highest BCUT2D eigenvalue weighted by atomic mass is 32.1. The number of nitrogens with zero attached hydrogens (tertiary/aromatic N) is 3. The average Bonchev–Trinajstić information content (AvgIpc) is 2.82. The van der Waals surface area contributed by atoms with Gasteiger partial charge >= 0.3 is 0 Å². The third-order valence-electron chi connectivity index (χ3n) is 3.41. The monoisotopic (exact) mass is 292 g/mol. The summed E-state index contributed by atoms with van der Waals surface area (Å²) in [6, 6.07) is 2.10. The lowest BCUT2D eigenvalue weighted by molar-refractivity contribution is 0.122. The second-order valence-corrected chi connectivity index (χ2v) is 6.79. The Labute approximate surface area is 122 Å². The molecule has 0 aromatic carbocycles. The molecule has 3 heterocycles. The summed E-state index contributed by atoms with van der Waals surface area (Å²) < 4.78 is 6.55. The van der Waals surface area contributed by atoms with Crippen LogP contribution in [0.5, 0.6) is 0 Å². The topological polar surface area (TPSA) is 64.3 Å². The fraction of sp³-hybridized carbons (Fsp3) is 0.571. The Balaban J connectivity index is 2.12. The molecule has 1 aliphatic heterocycles. The molecule has 0 amide bonds. The molecule has 0 unspecified atom stereocenters. The first kappa shape index (κ1) is 13.7. The summed E-state index contributed by atoms with van der Waals surface area (Å²) in [6.07, 6.45) is 0. The van der Waals surface area contributed by atoms with Crippen LogP contribution in [-0.2, 0) is 10.3 Å². The van der Waals surface area contributed by atoms with Crippen LogP contribution in [0, 0.1) is 6.92 Å². The van der Waals surface area contributed by atoms with Crippen molar-refractivity contribution >= 4 is 27.4 Å². The van der Waals surface area contributed by atoms with Crippen LogP contribution in [0.1, 0.15) is 24.5 Å². The molecular weight excluding hydrogens is 272 g/mol. The van der Waals surface area contributed by atoms with Gasteiger partial charge in [-0.15, -0.1) is 11.3 Å². The normalized spacial score (nSPS) is 16.9. The Hall–Kier alpha value is -1.24. The lowest BCUT2D eigenvalue weighted by Crippen LogP contribution is -2.36. The van der Waals surface area contributed by atoms with Gasteiger partial charge < -0.3 is 15.4 Å². The van der Waals surface area contributed by atoms with E-state index in [2.05, 4.69) is 20.9 Å². The number of aryl methyl sites for hydroxylation is 1. The Morgan fingerprint density at radius 1 is 1.30 bits per heavy atom. The van der Waals surface area contributed by atoms with E-state index in [0.29, 0.717) is 0 Å². The van der Waals surface area contributed by atoms with Gasteiger partial charge in [-0.3, -0.25) is 0 Å². The maximum atomic E-state index is 6.22. The Kier molecular flexibility index (Phi) is 3.40. The van der Waals surface area contributed by atoms with Gasteiger partial charge in [0, 0.05) is 23.5 Å². The van der Waals surface area contributed by atoms with Crippen LogP contribution in [0.25, 0.3) is 10.2 Å². The second kappa shape index (κ2) is 4.95. The van der Waals surface area contributed by atoms with Crippen molar-refractivity contribution in [1.82, 2.24) is 9.97 Å². The van der Waals surface area contributed by atoms with Crippen LogP contribution in [0.4, 0.5) is 5.82 Å². The number of ether oxygens (including phenoxy) is 1. The number of fused-ring (bicyclic) bond motifs is 1. The standard InChI is InChI=1S/C14H20N4OS/c1-9-16-10-8-11(14(2,3)15)20-12(10)13(17-9)18-4-6-19-7-5-18/h8H,4-7,15H2,1-3H3. The molecule has 3 rings (SSSR count). The van der Waals surface area contributed by atoms with Crippen LogP contribution in [0.15, 0.2) is 6.07 Å². The van der Waals surface area contributed by atoms with E-state index in [9.17, 15) is 0 Å². The van der Waals surface area contributed by atoms with E-state index in [1.807, 2.05) is 20.8 Å². The van der Waals surface area contributed by atoms with Crippen molar-refractivity contribution in [3.63, 3.8) is 0 Å². The molecule has 2 aromatic rings. The molecule has 0 bridgehead atoms. The van der Waals surface area contributed by atoms with Gasteiger partial charge in [-0.25, -0.2) is 9.97 Å². The van der Waals surface area contributed by atoms with Gasteiger partial charge in [-0.2, -0.15) is 0 Å².